The highest BCUT2D eigenvalue weighted by atomic mass is 16.6. The van der Waals surface area contributed by atoms with E-state index >= 15 is 0 Å². The fourth-order valence-electron chi connectivity index (χ4n) is 2.73. The lowest BCUT2D eigenvalue weighted by atomic mass is 9.90. The fraction of sp³-hybridized carbons (Fsp3) is 0.333. The van der Waals surface area contributed by atoms with E-state index in [0.717, 1.165) is 5.39 Å². The molecule has 1 N–H and O–H groups in total. The van der Waals surface area contributed by atoms with Gasteiger partial charge in [-0.25, -0.2) is 0 Å². The summed E-state index contributed by atoms with van der Waals surface area (Å²) in [6, 6.07) is 7.06. The Morgan fingerprint density at radius 2 is 1.95 bits per heavy atom. The smallest absolute Gasteiger partial charge is 0.318 e. The quantitative estimate of drug-likeness (QED) is 0.637. The molecular formula is C15H15NO4. The van der Waals surface area contributed by atoms with E-state index in [1.807, 2.05) is 26.0 Å². The number of phenolic OH excluding ortho intramolecular Hbond substituents is 1. The summed E-state index contributed by atoms with van der Waals surface area (Å²) in [6.07, 6.45) is 1.20. The summed E-state index contributed by atoms with van der Waals surface area (Å²) in [7, 11) is 0. The van der Waals surface area contributed by atoms with E-state index in [4.69, 9.17) is 4.74 Å². The SMILES string of the molecule is CC1(C)CCc2c([N+](=O)[O-])c(O)c3ccccc3c2O1. The molecular weight excluding hydrogens is 258 g/mol. The number of phenols is 1. The van der Waals surface area contributed by atoms with Gasteiger partial charge in [0.2, 0.25) is 5.75 Å². The topological polar surface area (TPSA) is 72.6 Å². The lowest BCUT2D eigenvalue weighted by Gasteiger charge is -2.33. The van der Waals surface area contributed by atoms with Crippen LogP contribution in [0.1, 0.15) is 25.8 Å². The molecule has 0 unspecified atom stereocenters. The fourth-order valence-corrected chi connectivity index (χ4v) is 2.73. The van der Waals surface area contributed by atoms with Gasteiger partial charge in [0.25, 0.3) is 0 Å². The van der Waals surface area contributed by atoms with Crippen molar-refractivity contribution in [1.82, 2.24) is 0 Å². The number of aromatic hydroxyl groups is 1. The molecule has 0 bridgehead atoms. The molecule has 2 aromatic carbocycles. The molecule has 1 aliphatic rings. The molecule has 0 saturated carbocycles. The van der Waals surface area contributed by atoms with E-state index < -0.39 is 4.92 Å². The summed E-state index contributed by atoms with van der Waals surface area (Å²) < 4.78 is 5.96. The first-order valence-corrected chi connectivity index (χ1v) is 6.51. The molecule has 104 valence electrons. The minimum absolute atomic E-state index is 0.228. The Kier molecular flexibility index (Phi) is 2.61. The first-order valence-electron chi connectivity index (χ1n) is 6.51. The van der Waals surface area contributed by atoms with Crippen LogP contribution in [0.2, 0.25) is 0 Å². The predicted molar refractivity (Wildman–Crippen MR) is 75.3 cm³/mol. The number of benzene rings is 2. The van der Waals surface area contributed by atoms with Crippen LogP contribution in [0.4, 0.5) is 5.69 Å². The van der Waals surface area contributed by atoms with E-state index in [0.29, 0.717) is 29.5 Å². The maximum atomic E-state index is 11.3. The molecule has 20 heavy (non-hydrogen) atoms. The third kappa shape index (κ3) is 1.78. The normalized spacial score (nSPS) is 16.5. The average Bonchev–Trinajstić information content (AvgIpc) is 2.39. The molecule has 5 heteroatoms. The number of rotatable bonds is 1. The van der Waals surface area contributed by atoms with Crippen LogP contribution in [0.5, 0.6) is 11.5 Å². The van der Waals surface area contributed by atoms with Crippen LogP contribution in [0.15, 0.2) is 24.3 Å². The minimum atomic E-state index is -0.526. The lowest BCUT2D eigenvalue weighted by Crippen LogP contribution is -2.33. The molecule has 0 fully saturated rings. The first-order chi connectivity index (χ1) is 9.41. The summed E-state index contributed by atoms with van der Waals surface area (Å²) in [4.78, 5) is 10.8. The van der Waals surface area contributed by atoms with E-state index in [-0.39, 0.29) is 17.0 Å². The van der Waals surface area contributed by atoms with Gasteiger partial charge in [0.1, 0.15) is 11.4 Å². The summed E-state index contributed by atoms with van der Waals surface area (Å²) in [5.74, 6) is 0.258. The van der Waals surface area contributed by atoms with Crippen molar-refractivity contribution in [3.63, 3.8) is 0 Å². The van der Waals surface area contributed by atoms with Crippen molar-refractivity contribution in [2.24, 2.45) is 0 Å². The monoisotopic (exact) mass is 273 g/mol. The van der Waals surface area contributed by atoms with Crippen LogP contribution in [-0.4, -0.2) is 15.6 Å². The van der Waals surface area contributed by atoms with Gasteiger partial charge in [-0.15, -0.1) is 0 Å². The Bertz CT molecular complexity index is 721. The third-order valence-corrected chi connectivity index (χ3v) is 3.75. The van der Waals surface area contributed by atoms with Gasteiger partial charge in [-0.2, -0.15) is 0 Å². The molecule has 0 saturated heterocycles. The number of hydrogen-bond acceptors (Lipinski definition) is 4. The van der Waals surface area contributed by atoms with Crippen molar-refractivity contribution >= 4 is 16.5 Å². The van der Waals surface area contributed by atoms with Crippen molar-refractivity contribution in [2.45, 2.75) is 32.3 Å². The van der Waals surface area contributed by atoms with E-state index in [9.17, 15) is 15.2 Å². The molecule has 1 heterocycles. The van der Waals surface area contributed by atoms with Gasteiger partial charge in [-0.3, -0.25) is 10.1 Å². The van der Waals surface area contributed by atoms with Gasteiger partial charge in [0, 0.05) is 10.8 Å². The molecule has 3 rings (SSSR count). The molecule has 0 amide bonds. The highest BCUT2D eigenvalue weighted by Crippen LogP contribution is 2.48. The van der Waals surface area contributed by atoms with Crippen LogP contribution in [0.3, 0.4) is 0 Å². The van der Waals surface area contributed by atoms with Gasteiger partial charge < -0.3 is 9.84 Å². The Hall–Kier alpha value is -2.30. The Morgan fingerprint density at radius 3 is 2.60 bits per heavy atom. The minimum Gasteiger partial charge on any atom is -0.502 e. The van der Waals surface area contributed by atoms with Crippen LogP contribution in [-0.2, 0) is 6.42 Å². The maximum absolute atomic E-state index is 11.3. The summed E-state index contributed by atoms with van der Waals surface area (Å²) in [5.41, 5.74) is -0.0969. The molecule has 0 radical (unpaired) electrons. The molecule has 0 spiro atoms. The average molecular weight is 273 g/mol. The zero-order valence-electron chi connectivity index (χ0n) is 11.3. The lowest BCUT2D eigenvalue weighted by molar-refractivity contribution is -0.386. The zero-order chi connectivity index (χ0) is 14.5. The Labute approximate surface area is 115 Å². The molecule has 0 atom stereocenters. The number of hydrogen-bond donors (Lipinski definition) is 1. The third-order valence-electron chi connectivity index (χ3n) is 3.75. The second-order valence-electron chi connectivity index (χ2n) is 5.67. The van der Waals surface area contributed by atoms with Gasteiger partial charge in [-0.1, -0.05) is 24.3 Å². The van der Waals surface area contributed by atoms with E-state index in [1.54, 1.807) is 12.1 Å². The molecule has 0 aliphatic carbocycles. The van der Waals surface area contributed by atoms with E-state index in [1.165, 1.54) is 0 Å². The van der Waals surface area contributed by atoms with Crippen LogP contribution in [0.25, 0.3) is 10.8 Å². The number of nitrogens with zero attached hydrogens (tertiary/aromatic N) is 1. The van der Waals surface area contributed by atoms with Crippen LogP contribution < -0.4 is 4.74 Å². The second kappa shape index (κ2) is 4.10. The predicted octanol–water partition coefficient (Wildman–Crippen LogP) is 3.56. The van der Waals surface area contributed by atoms with E-state index in [2.05, 4.69) is 0 Å². The number of nitro benzene ring substituents is 1. The van der Waals surface area contributed by atoms with Gasteiger partial charge in [0.05, 0.1) is 10.5 Å². The van der Waals surface area contributed by atoms with Gasteiger partial charge >= 0.3 is 5.69 Å². The largest absolute Gasteiger partial charge is 0.502 e. The van der Waals surface area contributed by atoms with Crippen LogP contribution >= 0.6 is 0 Å². The summed E-state index contributed by atoms with van der Waals surface area (Å²) in [5, 5.41) is 22.7. The van der Waals surface area contributed by atoms with Crippen LogP contribution in [0, 0.1) is 10.1 Å². The summed E-state index contributed by atoms with van der Waals surface area (Å²) in [6.45, 7) is 3.92. The highest BCUT2D eigenvalue weighted by Gasteiger charge is 2.35. The summed E-state index contributed by atoms with van der Waals surface area (Å²) >= 11 is 0. The molecule has 1 aliphatic heterocycles. The standard InChI is InChI=1S/C15H15NO4/c1-15(2)8-7-11-12(16(18)19)13(17)9-5-3-4-6-10(9)14(11)20-15/h3-6,17H,7-8H2,1-2H3. The van der Waals surface area contributed by atoms with Gasteiger partial charge in [0.15, 0.2) is 0 Å². The Balaban J connectivity index is 2.42. The number of fused-ring (bicyclic) bond motifs is 3. The van der Waals surface area contributed by atoms with Crippen molar-refractivity contribution in [1.29, 1.82) is 0 Å². The number of nitro groups is 1. The van der Waals surface area contributed by atoms with Crippen molar-refractivity contribution in [2.75, 3.05) is 0 Å². The van der Waals surface area contributed by atoms with Crippen molar-refractivity contribution < 1.29 is 14.8 Å². The Morgan fingerprint density at radius 1 is 1.30 bits per heavy atom. The van der Waals surface area contributed by atoms with Crippen molar-refractivity contribution in [3.05, 3.63) is 39.9 Å². The maximum Gasteiger partial charge on any atom is 0.318 e. The highest BCUT2D eigenvalue weighted by molar-refractivity contribution is 5.98. The van der Waals surface area contributed by atoms with Gasteiger partial charge in [-0.05, 0) is 26.7 Å². The number of ether oxygens (including phenoxy) is 1. The second-order valence-corrected chi connectivity index (χ2v) is 5.67. The molecule has 2 aromatic rings. The zero-order valence-corrected chi connectivity index (χ0v) is 11.3. The molecule has 5 nitrogen and oxygen atoms in total. The molecule has 0 aromatic heterocycles. The van der Waals surface area contributed by atoms with Crippen molar-refractivity contribution in [3.8, 4) is 11.5 Å². The first kappa shape index (κ1) is 12.7.